The Bertz CT molecular complexity index is 1380. The monoisotopic (exact) mass is 994 g/mol. The molecule has 0 bridgehead atoms. The number of aliphatic hydroxyl groups excluding tert-OH is 11. The van der Waals surface area contributed by atoms with Crippen molar-refractivity contribution in [2.24, 2.45) is 0 Å². The van der Waals surface area contributed by atoms with Crippen molar-refractivity contribution in [1.82, 2.24) is 5.32 Å². The van der Waals surface area contributed by atoms with Crippen LogP contribution in [0.4, 0.5) is 0 Å². The van der Waals surface area contributed by atoms with Crippen LogP contribution in [0.3, 0.4) is 0 Å². The maximum Gasteiger partial charge on any atom is 0.220 e. The SMILES string of the molecule is CCCCC/C=C/CC/C=C/C(O)C(COC1OC(CO)C(OC2OC(CO)C(OC3OC(CO)C(O)C(O)C3O)C(O)C2O)C(O)C1O)NC(=O)CCCCCCCCCCCCCCCCC. The minimum Gasteiger partial charge on any atom is -0.394 e. The van der Waals surface area contributed by atoms with Crippen molar-refractivity contribution in [2.45, 2.75) is 259 Å². The van der Waals surface area contributed by atoms with E-state index in [1.54, 1.807) is 6.08 Å². The van der Waals surface area contributed by atoms with E-state index in [4.69, 9.17) is 28.4 Å². The van der Waals surface area contributed by atoms with Gasteiger partial charge in [0.25, 0.3) is 0 Å². The number of carbonyl (C=O) groups is 1. The zero-order chi connectivity index (χ0) is 50.6. The summed E-state index contributed by atoms with van der Waals surface area (Å²) in [7, 11) is 0. The molecule has 3 fully saturated rings. The lowest BCUT2D eigenvalue weighted by atomic mass is 9.96. The number of allylic oxidation sites excluding steroid dienone is 3. The van der Waals surface area contributed by atoms with Gasteiger partial charge in [0.05, 0.1) is 38.6 Å². The number of hydrogen-bond donors (Lipinski definition) is 12. The lowest BCUT2D eigenvalue weighted by molar-refractivity contribution is -0.379. The molecular weight excluding hydrogens is 903 g/mol. The zero-order valence-electron chi connectivity index (χ0n) is 41.3. The molecule has 0 aromatic rings. The van der Waals surface area contributed by atoms with E-state index in [0.717, 1.165) is 44.9 Å². The maximum atomic E-state index is 13.2. The fourth-order valence-electron chi connectivity index (χ4n) is 8.85. The van der Waals surface area contributed by atoms with Crippen LogP contribution in [0.1, 0.15) is 155 Å². The highest BCUT2D eigenvalue weighted by atomic mass is 16.8. The van der Waals surface area contributed by atoms with E-state index < -0.39 is 124 Å². The van der Waals surface area contributed by atoms with Crippen LogP contribution >= 0.6 is 0 Å². The van der Waals surface area contributed by atoms with Gasteiger partial charge >= 0.3 is 0 Å². The van der Waals surface area contributed by atoms with E-state index in [0.29, 0.717) is 12.8 Å². The van der Waals surface area contributed by atoms with Crippen molar-refractivity contribution < 1.29 is 89.4 Å². The summed E-state index contributed by atoms with van der Waals surface area (Å²) in [6, 6.07) is -0.981. The quantitative estimate of drug-likeness (QED) is 0.0316. The molecule has 17 unspecified atom stereocenters. The molecule has 404 valence electrons. The number of nitrogens with one attached hydrogen (secondary N) is 1. The van der Waals surface area contributed by atoms with E-state index in [2.05, 4.69) is 31.3 Å². The number of aliphatic hydroxyl groups is 11. The molecule has 19 nitrogen and oxygen atoms in total. The summed E-state index contributed by atoms with van der Waals surface area (Å²) in [5.41, 5.74) is 0. The number of rotatable bonds is 36. The summed E-state index contributed by atoms with van der Waals surface area (Å²) in [5, 5.41) is 119. The number of ether oxygens (including phenoxy) is 6. The van der Waals surface area contributed by atoms with Crippen molar-refractivity contribution >= 4 is 5.91 Å². The molecule has 0 saturated carbocycles. The Labute approximate surface area is 409 Å². The molecular formula is C50H91NO18. The fraction of sp³-hybridized carbons (Fsp3) is 0.900. The van der Waals surface area contributed by atoms with Crippen LogP contribution in [-0.4, -0.2) is 193 Å². The van der Waals surface area contributed by atoms with Gasteiger partial charge in [-0.1, -0.05) is 141 Å². The van der Waals surface area contributed by atoms with E-state index in [1.165, 1.54) is 77.0 Å². The largest absolute Gasteiger partial charge is 0.394 e. The molecule has 0 spiro atoms. The van der Waals surface area contributed by atoms with Gasteiger partial charge in [0.2, 0.25) is 5.91 Å². The Balaban J connectivity index is 1.55. The molecule has 12 N–H and O–H groups in total. The first-order valence-electron chi connectivity index (χ1n) is 26.1. The van der Waals surface area contributed by atoms with E-state index in [1.807, 2.05) is 6.08 Å². The van der Waals surface area contributed by atoms with Crippen LogP contribution in [0.2, 0.25) is 0 Å². The second kappa shape index (κ2) is 35.4. The summed E-state index contributed by atoms with van der Waals surface area (Å²) >= 11 is 0. The van der Waals surface area contributed by atoms with Gasteiger partial charge in [0.15, 0.2) is 18.9 Å². The average molecular weight is 994 g/mol. The summed E-state index contributed by atoms with van der Waals surface area (Å²) in [4.78, 5) is 13.2. The van der Waals surface area contributed by atoms with Crippen LogP contribution < -0.4 is 5.32 Å². The first-order valence-corrected chi connectivity index (χ1v) is 26.1. The number of amides is 1. The van der Waals surface area contributed by atoms with Gasteiger partial charge < -0.3 is 89.9 Å². The number of hydrogen-bond acceptors (Lipinski definition) is 18. The molecule has 3 heterocycles. The first-order chi connectivity index (χ1) is 33.3. The minimum absolute atomic E-state index is 0.239. The lowest BCUT2D eigenvalue weighted by Gasteiger charge is -2.48. The summed E-state index contributed by atoms with van der Waals surface area (Å²) < 4.78 is 34.0. The molecule has 1 amide bonds. The summed E-state index contributed by atoms with van der Waals surface area (Å²) in [5.74, 6) is -0.289. The Morgan fingerprint density at radius 3 is 1.45 bits per heavy atom. The van der Waals surface area contributed by atoms with Crippen molar-refractivity contribution in [1.29, 1.82) is 0 Å². The third-order valence-electron chi connectivity index (χ3n) is 13.3. The van der Waals surface area contributed by atoms with Gasteiger partial charge in [-0.25, -0.2) is 0 Å². The molecule has 3 aliphatic rings. The molecule has 19 heteroatoms. The second-order valence-corrected chi connectivity index (χ2v) is 19.0. The van der Waals surface area contributed by atoms with E-state index in [-0.39, 0.29) is 18.9 Å². The molecule has 69 heavy (non-hydrogen) atoms. The highest BCUT2D eigenvalue weighted by Gasteiger charge is 2.53. The van der Waals surface area contributed by atoms with Gasteiger partial charge in [0.1, 0.15) is 73.2 Å². The molecule has 0 aromatic heterocycles. The minimum atomic E-state index is -1.98. The molecule has 0 radical (unpaired) electrons. The second-order valence-electron chi connectivity index (χ2n) is 19.0. The zero-order valence-corrected chi connectivity index (χ0v) is 41.3. The smallest absolute Gasteiger partial charge is 0.220 e. The van der Waals surface area contributed by atoms with Crippen molar-refractivity contribution in [3.8, 4) is 0 Å². The van der Waals surface area contributed by atoms with Crippen LogP contribution in [0.5, 0.6) is 0 Å². The average Bonchev–Trinajstić information content (AvgIpc) is 3.34. The molecule has 3 saturated heterocycles. The van der Waals surface area contributed by atoms with Crippen molar-refractivity contribution in [2.75, 3.05) is 26.4 Å². The Morgan fingerprint density at radius 2 is 0.928 bits per heavy atom. The van der Waals surface area contributed by atoms with Crippen LogP contribution in [0, 0.1) is 0 Å². The highest BCUT2D eigenvalue weighted by Crippen LogP contribution is 2.33. The predicted molar refractivity (Wildman–Crippen MR) is 254 cm³/mol. The highest BCUT2D eigenvalue weighted by molar-refractivity contribution is 5.76. The Morgan fingerprint density at radius 1 is 0.507 bits per heavy atom. The number of unbranched alkanes of at least 4 members (excludes halogenated alkanes) is 18. The lowest BCUT2D eigenvalue weighted by Crippen LogP contribution is -2.66. The summed E-state index contributed by atoms with van der Waals surface area (Å²) in [6.07, 6.45) is 4.88. The predicted octanol–water partition coefficient (Wildman–Crippen LogP) is 2.03. The van der Waals surface area contributed by atoms with Crippen LogP contribution in [0.25, 0.3) is 0 Å². The molecule has 17 atom stereocenters. The van der Waals surface area contributed by atoms with Gasteiger partial charge in [0, 0.05) is 6.42 Å². The molecule has 3 rings (SSSR count). The molecule has 3 aliphatic heterocycles. The van der Waals surface area contributed by atoms with Crippen molar-refractivity contribution in [3.05, 3.63) is 24.3 Å². The Kier molecular flexibility index (Phi) is 31.6. The third-order valence-corrected chi connectivity index (χ3v) is 13.3. The van der Waals surface area contributed by atoms with Gasteiger partial charge in [-0.3, -0.25) is 4.79 Å². The van der Waals surface area contributed by atoms with Gasteiger partial charge in [-0.05, 0) is 32.1 Å². The normalized spacial score (nSPS) is 33.0. The molecule has 0 aliphatic carbocycles. The van der Waals surface area contributed by atoms with E-state index >= 15 is 0 Å². The fourth-order valence-corrected chi connectivity index (χ4v) is 8.85. The van der Waals surface area contributed by atoms with Crippen molar-refractivity contribution in [3.63, 3.8) is 0 Å². The Hall–Kier alpha value is -1.73. The van der Waals surface area contributed by atoms with E-state index in [9.17, 15) is 61.0 Å². The van der Waals surface area contributed by atoms with Gasteiger partial charge in [-0.15, -0.1) is 0 Å². The number of carbonyl (C=O) groups excluding carboxylic acids is 1. The third kappa shape index (κ3) is 21.3. The summed E-state index contributed by atoms with van der Waals surface area (Å²) in [6.45, 7) is 1.61. The maximum absolute atomic E-state index is 13.2. The van der Waals surface area contributed by atoms with Gasteiger partial charge in [-0.2, -0.15) is 0 Å². The van der Waals surface area contributed by atoms with Crippen LogP contribution in [0.15, 0.2) is 24.3 Å². The first kappa shape index (κ1) is 61.6. The molecule has 0 aromatic carbocycles. The standard InChI is InChI=1S/C50H91NO18/c1-3-5-7-9-11-13-14-15-16-17-18-20-22-24-26-28-38(56)51-33(34(55)27-25-23-21-19-12-10-8-6-4-2)32-64-48-44(62)41(59)46(36(30-53)66-48)69-50-45(63)42(60)47(37(31-54)67-50)68-49-43(61)40(58)39(57)35(29-52)65-49/h12,19,25,27,33-37,39-50,52-55,57-63H,3-11,13-18,20-24,26,28-32H2,1-2H3,(H,51,56)/b19-12+,27-25+. The topological polar surface area (TPSA) is 307 Å². The van der Waals surface area contributed by atoms with Crippen LogP contribution in [-0.2, 0) is 33.2 Å².